The molecule has 6 heterocycles. The molecule has 0 spiro atoms. The van der Waals surface area contributed by atoms with Crippen LogP contribution in [0.1, 0.15) is 0 Å². The third kappa shape index (κ3) is 3.26. The summed E-state index contributed by atoms with van der Waals surface area (Å²) in [5.41, 5.74) is 2.64. The van der Waals surface area contributed by atoms with E-state index in [0.717, 1.165) is 0 Å². The van der Waals surface area contributed by atoms with E-state index in [9.17, 15) is 0 Å². The van der Waals surface area contributed by atoms with E-state index in [4.69, 9.17) is 0 Å². The smallest absolute Gasteiger partial charge is 0.0542 e. The summed E-state index contributed by atoms with van der Waals surface area (Å²) in [6, 6.07) is 32.7. The number of thiophene rings is 6. The monoisotopic (exact) mass is 616 g/mol. The summed E-state index contributed by atoms with van der Waals surface area (Å²) < 4.78 is 11.1. The van der Waals surface area contributed by atoms with Gasteiger partial charge in [0.15, 0.2) is 0 Å². The third-order valence-corrected chi connectivity index (χ3v) is 14.4. The Labute approximate surface area is 252 Å². The molecule has 0 atom stereocenters. The van der Waals surface area contributed by atoms with Crippen molar-refractivity contribution in [2.45, 2.75) is 0 Å². The third-order valence-electron chi connectivity index (χ3n) is 7.83. The quantitative estimate of drug-likeness (QED) is 0.181. The first-order valence-corrected chi connectivity index (χ1v) is 18.0. The lowest BCUT2D eigenvalue weighted by atomic mass is 10.1. The Morgan fingerprint density at radius 2 is 0.825 bits per heavy atom. The van der Waals surface area contributed by atoms with Crippen molar-refractivity contribution in [3.8, 4) is 20.9 Å². The van der Waals surface area contributed by atoms with Gasteiger partial charge in [-0.05, 0) is 104 Å². The number of hydrogen-bond acceptors (Lipinski definition) is 6. The van der Waals surface area contributed by atoms with Crippen LogP contribution in [0.3, 0.4) is 0 Å². The summed E-state index contributed by atoms with van der Waals surface area (Å²) in [5.74, 6) is 0. The maximum absolute atomic E-state index is 2.40. The zero-order valence-corrected chi connectivity index (χ0v) is 25.6. The lowest BCUT2D eigenvalue weighted by Gasteiger charge is -1.99. The Balaban J connectivity index is 1.07. The molecule has 0 nitrogen and oxygen atoms in total. The SMILES string of the molecule is c1cc2cc3sc(-c4ccc5c(c4)sc4c6ccc(-c7cc8cc9sccc9cc8s7)cc6sc54)cc3cc2s1. The van der Waals surface area contributed by atoms with Crippen LogP contribution in [-0.4, -0.2) is 0 Å². The van der Waals surface area contributed by atoms with Gasteiger partial charge in [0, 0.05) is 48.7 Å². The van der Waals surface area contributed by atoms with E-state index in [0.29, 0.717) is 0 Å². The van der Waals surface area contributed by atoms with Crippen LogP contribution in [0, 0.1) is 0 Å². The minimum absolute atomic E-state index is 1.32. The van der Waals surface area contributed by atoms with Crippen LogP contribution in [0.5, 0.6) is 0 Å². The Hall–Kier alpha value is -3.10. The molecule has 10 rings (SSSR count). The van der Waals surface area contributed by atoms with E-state index in [1.54, 1.807) is 0 Å². The number of hydrogen-bond donors (Lipinski definition) is 0. The molecule has 4 aromatic carbocycles. The molecule has 0 amide bonds. The molecule has 0 aliphatic heterocycles. The van der Waals surface area contributed by atoms with Gasteiger partial charge in [-0.1, -0.05) is 24.3 Å². The van der Waals surface area contributed by atoms with Crippen LogP contribution in [0.25, 0.3) is 90.8 Å². The van der Waals surface area contributed by atoms with Crippen LogP contribution in [0.15, 0.2) is 95.7 Å². The molecule has 10 aromatic rings. The van der Waals surface area contributed by atoms with Crippen molar-refractivity contribution in [3.63, 3.8) is 0 Å². The Morgan fingerprint density at radius 1 is 0.350 bits per heavy atom. The molecule has 0 fully saturated rings. The highest BCUT2D eigenvalue weighted by atomic mass is 32.1. The molecular formula is C34H16S6. The Morgan fingerprint density at radius 3 is 1.32 bits per heavy atom. The fourth-order valence-corrected chi connectivity index (χ4v) is 12.4. The predicted molar refractivity (Wildman–Crippen MR) is 187 cm³/mol. The second kappa shape index (κ2) is 8.23. The standard InChI is InChI=1S/C34H16S6/c1-3-23-31(11-17(1)27-15-21-13-25-19(5-7-35-25)9-29(21)37-27)39-34-24-4-2-18(12-32(24)40-33(23)34)28-16-22-14-26-20(6-8-36-26)10-30(22)38-28/h1-16H. The van der Waals surface area contributed by atoms with E-state index in [-0.39, 0.29) is 0 Å². The summed E-state index contributed by atoms with van der Waals surface area (Å²) in [7, 11) is 0. The largest absolute Gasteiger partial charge is 0.144 e. The van der Waals surface area contributed by atoms with Gasteiger partial charge >= 0.3 is 0 Å². The summed E-state index contributed by atoms with van der Waals surface area (Å²) in [6.07, 6.45) is 0. The van der Waals surface area contributed by atoms with Crippen LogP contribution in [-0.2, 0) is 0 Å². The predicted octanol–water partition coefficient (Wildman–Crippen LogP) is 13.5. The van der Waals surface area contributed by atoms with Crippen LogP contribution >= 0.6 is 68.0 Å². The van der Waals surface area contributed by atoms with Crippen LogP contribution in [0.4, 0.5) is 0 Å². The minimum atomic E-state index is 1.32. The van der Waals surface area contributed by atoms with Crippen LogP contribution in [0.2, 0.25) is 0 Å². The lowest BCUT2D eigenvalue weighted by molar-refractivity contribution is 1.82. The molecule has 0 saturated carbocycles. The fraction of sp³-hybridized carbons (Fsp3) is 0. The van der Waals surface area contributed by atoms with Crippen LogP contribution < -0.4 is 0 Å². The number of rotatable bonds is 2. The summed E-state index contributed by atoms with van der Waals surface area (Å²) in [4.78, 5) is 2.70. The highest BCUT2D eigenvalue weighted by Gasteiger charge is 2.15. The van der Waals surface area contributed by atoms with Crippen molar-refractivity contribution >= 4 is 138 Å². The topological polar surface area (TPSA) is 0 Å². The van der Waals surface area contributed by atoms with Gasteiger partial charge in [0.25, 0.3) is 0 Å². The van der Waals surface area contributed by atoms with Crippen molar-refractivity contribution in [3.05, 3.63) is 95.7 Å². The molecule has 0 saturated heterocycles. The van der Waals surface area contributed by atoms with Gasteiger partial charge in [0.1, 0.15) is 0 Å². The molecule has 6 aromatic heterocycles. The molecule has 6 heteroatoms. The van der Waals surface area contributed by atoms with Crippen molar-refractivity contribution in [1.82, 2.24) is 0 Å². The zero-order chi connectivity index (χ0) is 25.9. The second-order valence-electron chi connectivity index (χ2n) is 10.2. The molecule has 0 radical (unpaired) electrons. The second-order valence-corrected chi connectivity index (χ2v) is 16.4. The lowest BCUT2D eigenvalue weighted by Crippen LogP contribution is -1.71. The molecule has 188 valence electrons. The van der Waals surface area contributed by atoms with Gasteiger partial charge < -0.3 is 0 Å². The van der Waals surface area contributed by atoms with E-state index < -0.39 is 0 Å². The molecule has 40 heavy (non-hydrogen) atoms. The number of fused-ring (bicyclic) bond motifs is 9. The van der Waals surface area contributed by atoms with Gasteiger partial charge in [-0.25, -0.2) is 0 Å². The van der Waals surface area contributed by atoms with Crippen molar-refractivity contribution < 1.29 is 0 Å². The molecule has 0 N–H and O–H groups in total. The maximum atomic E-state index is 2.40. The average molecular weight is 617 g/mol. The van der Waals surface area contributed by atoms with Gasteiger partial charge in [-0.2, -0.15) is 0 Å². The maximum Gasteiger partial charge on any atom is 0.0542 e. The normalized spacial score (nSPS) is 12.5. The molecule has 0 aliphatic rings. The molecule has 0 aliphatic carbocycles. The van der Waals surface area contributed by atoms with Gasteiger partial charge in [0.05, 0.1) is 9.40 Å². The average Bonchev–Trinajstić information content (AvgIpc) is 3.79. The minimum Gasteiger partial charge on any atom is -0.144 e. The van der Waals surface area contributed by atoms with E-state index in [2.05, 4.69) is 95.7 Å². The first kappa shape index (κ1) is 22.6. The van der Waals surface area contributed by atoms with Gasteiger partial charge in [-0.3, -0.25) is 0 Å². The summed E-state index contributed by atoms with van der Waals surface area (Å²) in [5, 5.41) is 12.5. The Bertz CT molecular complexity index is 2330. The highest BCUT2D eigenvalue weighted by molar-refractivity contribution is 7.36. The fourth-order valence-electron chi connectivity index (χ4n) is 5.84. The first-order valence-electron chi connectivity index (χ1n) is 12.9. The van der Waals surface area contributed by atoms with E-state index in [1.807, 2.05) is 68.0 Å². The highest BCUT2D eigenvalue weighted by Crippen LogP contribution is 2.47. The Kier molecular flexibility index (Phi) is 4.64. The first-order chi connectivity index (χ1) is 19.7. The molecule has 0 bridgehead atoms. The summed E-state index contributed by atoms with van der Waals surface area (Å²) >= 11 is 11.3. The molecule has 0 unspecified atom stereocenters. The van der Waals surface area contributed by atoms with E-state index in [1.165, 1.54) is 90.8 Å². The zero-order valence-electron chi connectivity index (χ0n) is 20.7. The van der Waals surface area contributed by atoms with E-state index >= 15 is 0 Å². The number of benzene rings is 4. The molecular weight excluding hydrogens is 601 g/mol. The van der Waals surface area contributed by atoms with Crippen molar-refractivity contribution in [2.24, 2.45) is 0 Å². The van der Waals surface area contributed by atoms with Gasteiger partial charge in [-0.15, -0.1) is 68.0 Å². The summed E-state index contributed by atoms with van der Waals surface area (Å²) in [6.45, 7) is 0. The van der Waals surface area contributed by atoms with Gasteiger partial charge in [0.2, 0.25) is 0 Å². The van der Waals surface area contributed by atoms with Crippen molar-refractivity contribution in [2.75, 3.05) is 0 Å². The van der Waals surface area contributed by atoms with Crippen molar-refractivity contribution in [1.29, 1.82) is 0 Å².